The van der Waals surface area contributed by atoms with Gasteiger partial charge >= 0.3 is 11.9 Å². The number of hydrogen-bond donors (Lipinski definition) is 1. The molecule has 0 unspecified atom stereocenters. The molecule has 0 bridgehead atoms. The van der Waals surface area contributed by atoms with E-state index in [9.17, 15) is 14.4 Å². The van der Waals surface area contributed by atoms with Gasteiger partial charge in [-0.05, 0) is 48.7 Å². The highest BCUT2D eigenvalue weighted by atomic mass is 16.7. The first kappa shape index (κ1) is 16.7. The number of ether oxygens (including phenoxy) is 2. The number of nitrogens with one attached hydrogen (secondary N) is 1. The number of amides is 1. The molecule has 6 nitrogen and oxygen atoms in total. The number of aryl methyl sites for hydroxylation is 2. The number of hydrogen-bond acceptors (Lipinski definition) is 5. The third kappa shape index (κ3) is 3.77. The Kier molecular flexibility index (Phi) is 4.27. The molecular weight excluding hydrogens is 298 g/mol. The summed E-state index contributed by atoms with van der Waals surface area (Å²) in [6, 6.07) is 3.57. The molecule has 1 fully saturated rings. The highest BCUT2D eigenvalue weighted by molar-refractivity contribution is 6.19. The molecular formula is C17H19NO5. The molecule has 1 heterocycles. The molecule has 1 aliphatic heterocycles. The average Bonchev–Trinajstić information content (AvgIpc) is 2.37. The van der Waals surface area contributed by atoms with Crippen molar-refractivity contribution in [1.29, 1.82) is 0 Å². The van der Waals surface area contributed by atoms with Crippen molar-refractivity contribution < 1.29 is 23.9 Å². The lowest BCUT2D eigenvalue weighted by atomic mass is 10.0. The Labute approximate surface area is 134 Å². The second-order valence-electron chi connectivity index (χ2n) is 5.94. The fourth-order valence-electron chi connectivity index (χ4n) is 2.19. The molecule has 0 aromatic heterocycles. The molecule has 1 aliphatic rings. The van der Waals surface area contributed by atoms with Gasteiger partial charge in [0.1, 0.15) is 5.57 Å². The van der Waals surface area contributed by atoms with Crippen molar-refractivity contribution in [1.82, 2.24) is 0 Å². The van der Waals surface area contributed by atoms with Crippen molar-refractivity contribution in [3.05, 3.63) is 34.4 Å². The summed E-state index contributed by atoms with van der Waals surface area (Å²) in [5.41, 5.74) is 2.78. The molecule has 0 spiro atoms. The van der Waals surface area contributed by atoms with E-state index >= 15 is 0 Å². The molecule has 1 amide bonds. The van der Waals surface area contributed by atoms with Gasteiger partial charge in [-0.25, -0.2) is 9.59 Å². The molecule has 2 rings (SSSR count). The Bertz CT molecular complexity index is 709. The number of esters is 2. The summed E-state index contributed by atoms with van der Waals surface area (Å²) in [4.78, 5) is 35.4. The highest BCUT2D eigenvalue weighted by Gasteiger charge is 2.38. The van der Waals surface area contributed by atoms with Gasteiger partial charge < -0.3 is 14.8 Å². The number of benzene rings is 1. The molecule has 0 atom stereocenters. The van der Waals surface area contributed by atoms with E-state index < -0.39 is 17.7 Å². The Hall–Kier alpha value is -2.63. The highest BCUT2D eigenvalue weighted by Crippen LogP contribution is 2.28. The number of cyclic esters (lactones) is 2. The predicted octanol–water partition coefficient (Wildman–Crippen LogP) is 2.48. The van der Waals surface area contributed by atoms with Gasteiger partial charge in [0.2, 0.25) is 5.91 Å². The van der Waals surface area contributed by atoms with Crippen LogP contribution in [0.1, 0.15) is 37.5 Å². The smallest absolute Gasteiger partial charge is 0.348 e. The first-order valence-corrected chi connectivity index (χ1v) is 7.16. The molecule has 23 heavy (non-hydrogen) atoms. The summed E-state index contributed by atoms with van der Waals surface area (Å²) in [6.45, 7) is 8.16. The maximum Gasteiger partial charge on any atom is 0.348 e. The molecule has 0 radical (unpaired) electrons. The first-order valence-electron chi connectivity index (χ1n) is 7.16. The van der Waals surface area contributed by atoms with Crippen LogP contribution in [-0.4, -0.2) is 23.6 Å². The van der Waals surface area contributed by atoms with Crippen LogP contribution in [0.2, 0.25) is 0 Å². The number of anilines is 1. The second-order valence-corrected chi connectivity index (χ2v) is 5.94. The van der Waals surface area contributed by atoms with E-state index in [0.717, 1.165) is 11.1 Å². The average molecular weight is 317 g/mol. The Balaban J connectivity index is 2.49. The van der Waals surface area contributed by atoms with Gasteiger partial charge in [-0.15, -0.1) is 0 Å². The summed E-state index contributed by atoms with van der Waals surface area (Å²) in [7, 11) is 0. The number of carbonyl (C=O) groups excluding carboxylic acids is 3. The quantitative estimate of drug-likeness (QED) is 0.515. The van der Waals surface area contributed by atoms with Crippen LogP contribution in [0, 0.1) is 13.8 Å². The lowest BCUT2D eigenvalue weighted by Gasteiger charge is -2.29. The number of carbonyl (C=O) groups is 3. The Morgan fingerprint density at radius 3 is 2.13 bits per heavy atom. The van der Waals surface area contributed by atoms with E-state index in [2.05, 4.69) is 5.32 Å². The summed E-state index contributed by atoms with van der Waals surface area (Å²) in [5, 5.41) is 2.69. The van der Waals surface area contributed by atoms with Crippen LogP contribution in [0.5, 0.6) is 0 Å². The lowest BCUT2D eigenvalue weighted by molar-refractivity contribution is -0.222. The molecule has 6 heteroatoms. The van der Waals surface area contributed by atoms with Crippen molar-refractivity contribution in [2.45, 2.75) is 40.4 Å². The minimum Gasteiger partial charge on any atom is -0.419 e. The fourth-order valence-corrected chi connectivity index (χ4v) is 2.19. The molecule has 122 valence electrons. The Morgan fingerprint density at radius 1 is 1.09 bits per heavy atom. The predicted molar refractivity (Wildman–Crippen MR) is 84.5 cm³/mol. The lowest BCUT2D eigenvalue weighted by Crippen LogP contribution is -2.41. The molecule has 1 saturated heterocycles. The molecule has 1 aromatic carbocycles. The van der Waals surface area contributed by atoms with Gasteiger partial charge in [0.15, 0.2) is 0 Å². The molecule has 1 N–H and O–H groups in total. The van der Waals surface area contributed by atoms with Crippen LogP contribution in [0.4, 0.5) is 5.69 Å². The van der Waals surface area contributed by atoms with E-state index in [1.54, 1.807) is 12.1 Å². The van der Waals surface area contributed by atoms with E-state index in [0.29, 0.717) is 11.3 Å². The van der Waals surface area contributed by atoms with Gasteiger partial charge in [0, 0.05) is 26.5 Å². The molecule has 0 aliphatic carbocycles. The van der Waals surface area contributed by atoms with Crippen molar-refractivity contribution in [3.8, 4) is 0 Å². The van der Waals surface area contributed by atoms with E-state index in [1.807, 2.05) is 13.8 Å². The van der Waals surface area contributed by atoms with Gasteiger partial charge in [0.25, 0.3) is 5.79 Å². The van der Waals surface area contributed by atoms with Gasteiger partial charge in [0.05, 0.1) is 0 Å². The zero-order valence-corrected chi connectivity index (χ0v) is 13.8. The maximum absolute atomic E-state index is 12.0. The largest absolute Gasteiger partial charge is 0.419 e. The van der Waals surface area contributed by atoms with Crippen molar-refractivity contribution in [2.24, 2.45) is 0 Å². The molecule has 1 aromatic rings. The second kappa shape index (κ2) is 5.87. The van der Waals surface area contributed by atoms with Crippen molar-refractivity contribution >= 4 is 29.6 Å². The van der Waals surface area contributed by atoms with Crippen LogP contribution in [0.3, 0.4) is 0 Å². The standard InChI is InChI=1S/C17H19NO5/c1-9-6-12(14(7-10(9)2)18-11(3)19)8-13-15(20)22-17(4,5)23-16(13)21/h6-8H,1-5H3,(H,18,19). The van der Waals surface area contributed by atoms with Gasteiger partial charge in [-0.2, -0.15) is 0 Å². The maximum atomic E-state index is 12.0. The third-order valence-corrected chi connectivity index (χ3v) is 3.39. The minimum absolute atomic E-state index is 0.209. The summed E-state index contributed by atoms with van der Waals surface area (Å²) in [6.07, 6.45) is 1.37. The first-order chi connectivity index (χ1) is 10.6. The Morgan fingerprint density at radius 2 is 1.61 bits per heavy atom. The van der Waals surface area contributed by atoms with Crippen LogP contribution in [0.25, 0.3) is 6.08 Å². The van der Waals surface area contributed by atoms with Crippen molar-refractivity contribution in [2.75, 3.05) is 5.32 Å². The normalized spacial score (nSPS) is 16.5. The minimum atomic E-state index is -1.28. The third-order valence-electron chi connectivity index (χ3n) is 3.39. The zero-order chi connectivity index (χ0) is 17.4. The van der Waals surface area contributed by atoms with Crippen molar-refractivity contribution in [3.63, 3.8) is 0 Å². The van der Waals surface area contributed by atoms with Crippen LogP contribution in [-0.2, 0) is 23.9 Å². The monoisotopic (exact) mass is 317 g/mol. The van der Waals surface area contributed by atoms with Gasteiger partial charge in [-0.3, -0.25) is 4.79 Å². The zero-order valence-electron chi connectivity index (χ0n) is 13.8. The number of rotatable bonds is 2. The fraction of sp³-hybridized carbons (Fsp3) is 0.353. The molecule has 0 saturated carbocycles. The summed E-state index contributed by atoms with van der Waals surface area (Å²) >= 11 is 0. The topological polar surface area (TPSA) is 81.7 Å². The van der Waals surface area contributed by atoms with E-state index in [1.165, 1.54) is 26.8 Å². The van der Waals surface area contributed by atoms with E-state index in [-0.39, 0.29) is 11.5 Å². The van der Waals surface area contributed by atoms with Crippen LogP contribution >= 0.6 is 0 Å². The van der Waals surface area contributed by atoms with Gasteiger partial charge in [-0.1, -0.05) is 0 Å². The van der Waals surface area contributed by atoms with Crippen LogP contribution < -0.4 is 5.32 Å². The summed E-state index contributed by atoms with van der Waals surface area (Å²) in [5.74, 6) is -3.03. The van der Waals surface area contributed by atoms with E-state index in [4.69, 9.17) is 9.47 Å². The van der Waals surface area contributed by atoms with Crippen LogP contribution in [0.15, 0.2) is 17.7 Å². The summed E-state index contributed by atoms with van der Waals surface area (Å²) < 4.78 is 10.1. The SMILES string of the molecule is CC(=O)Nc1cc(C)c(C)cc1C=C1C(=O)OC(C)(C)OC1=O.